The maximum absolute atomic E-state index is 13.9. The zero-order valence-electron chi connectivity index (χ0n) is 20.9. The Balaban J connectivity index is 1.62. The van der Waals surface area contributed by atoms with Crippen molar-refractivity contribution in [2.24, 2.45) is 22.6 Å². The summed E-state index contributed by atoms with van der Waals surface area (Å²) in [6, 6.07) is 0.754. The molecule has 1 aliphatic carbocycles. The fourth-order valence-corrected chi connectivity index (χ4v) is 5.52. The Morgan fingerprint density at radius 1 is 1.30 bits per heavy atom. The molecule has 0 spiro atoms. The van der Waals surface area contributed by atoms with Crippen molar-refractivity contribution in [2.75, 3.05) is 31.9 Å². The van der Waals surface area contributed by atoms with Gasteiger partial charge in [0.05, 0.1) is 0 Å². The van der Waals surface area contributed by atoms with E-state index in [2.05, 4.69) is 42.4 Å². The van der Waals surface area contributed by atoms with Crippen LogP contribution in [0.2, 0.25) is 0 Å². The lowest BCUT2D eigenvalue weighted by atomic mass is 9.87. The van der Waals surface area contributed by atoms with Gasteiger partial charge in [-0.3, -0.25) is 15.2 Å². The van der Waals surface area contributed by atoms with Crippen molar-refractivity contribution in [1.82, 2.24) is 15.5 Å². The Kier molecular flexibility index (Phi) is 10.6. The molecule has 0 aromatic carbocycles. The monoisotopic (exact) mass is 477 g/mol. The lowest BCUT2D eigenvalue weighted by Gasteiger charge is -2.33. The third kappa shape index (κ3) is 8.03. The zero-order chi connectivity index (χ0) is 23.8. The number of halogens is 1. The number of nitrogens with zero attached hydrogens (tertiary/aromatic N) is 2. The Morgan fingerprint density at radius 2 is 2.09 bits per heavy atom. The molecule has 3 rings (SSSR count). The Morgan fingerprint density at radius 3 is 2.85 bits per heavy atom. The Hall–Kier alpha value is -0.990. The molecule has 0 radical (unpaired) electrons. The molecule has 0 aromatic heterocycles. The van der Waals surface area contributed by atoms with E-state index in [-0.39, 0.29) is 23.3 Å². The summed E-state index contributed by atoms with van der Waals surface area (Å²) in [7, 11) is 0. The highest BCUT2D eigenvalue weighted by Gasteiger charge is 2.26. The summed E-state index contributed by atoms with van der Waals surface area (Å²) in [5.74, 6) is 1.64. The predicted molar refractivity (Wildman–Crippen MR) is 141 cm³/mol. The van der Waals surface area contributed by atoms with Crippen LogP contribution in [0.5, 0.6) is 0 Å². The first kappa shape index (κ1) is 26.6. The van der Waals surface area contributed by atoms with Crippen LogP contribution in [0.25, 0.3) is 0 Å². The molecule has 0 amide bonds. The summed E-state index contributed by atoms with van der Waals surface area (Å²) in [6.07, 6.45) is 11.0. The first-order chi connectivity index (χ1) is 15.9. The molecular formula is C26H44FN5S. The molecule has 7 heteroatoms. The third-order valence-electron chi connectivity index (χ3n) is 7.20. The zero-order valence-corrected chi connectivity index (χ0v) is 21.8. The molecule has 1 fully saturated rings. The van der Waals surface area contributed by atoms with E-state index in [1.165, 1.54) is 12.1 Å². The van der Waals surface area contributed by atoms with Gasteiger partial charge in [0.2, 0.25) is 0 Å². The van der Waals surface area contributed by atoms with Crippen molar-refractivity contribution in [3.05, 3.63) is 35.3 Å². The number of nitrogens with two attached hydrogens (primary N) is 1. The average Bonchev–Trinajstić information content (AvgIpc) is 2.82. The van der Waals surface area contributed by atoms with Crippen molar-refractivity contribution < 1.29 is 4.39 Å². The van der Waals surface area contributed by atoms with E-state index < -0.39 is 0 Å². The fourth-order valence-electron chi connectivity index (χ4n) is 4.73. The summed E-state index contributed by atoms with van der Waals surface area (Å²) in [6.45, 7) is 12.9. The van der Waals surface area contributed by atoms with Gasteiger partial charge in [-0.15, -0.1) is 11.8 Å². The van der Waals surface area contributed by atoms with Crippen LogP contribution >= 0.6 is 11.8 Å². The third-order valence-corrected chi connectivity index (χ3v) is 8.25. The summed E-state index contributed by atoms with van der Waals surface area (Å²) in [5, 5.41) is 7.24. The van der Waals surface area contributed by atoms with Crippen LogP contribution in [0.4, 0.5) is 4.39 Å². The molecule has 186 valence electrons. The van der Waals surface area contributed by atoms with Crippen LogP contribution in [0.3, 0.4) is 0 Å². The molecule has 3 aliphatic rings. The molecule has 5 nitrogen and oxygen atoms in total. The van der Waals surface area contributed by atoms with Crippen molar-refractivity contribution in [3.63, 3.8) is 0 Å². The van der Waals surface area contributed by atoms with Crippen LogP contribution in [0, 0.1) is 11.8 Å². The van der Waals surface area contributed by atoms with E-state index in [0.29, 0.717) is 12.0 Å². The van der Waals surface area contributed by atoms with Gasteiger partial charge >= 0.3 is 0 Å². The van der Waals surface area contributed by atoms with Gasteiger partial charge in [0.1, 0.15) is 11.3 Å². The van der Waals surface area contributed by atoms with Gasteiger partial charge in [-0.2, -0.15) is 0 Å². The van der Waals surface area contributed by atoms with Gasteiger partial charge in [0, 0.05) is 42.4 Å². The van der Waals surface area contributed by atoms with E-state index in [1.54, 1.807) is 6.08 Å². The van der Waals surface area contributed by atoms with Crippen molar-refractivity contribution in [1.29, 1.82) is 0 Å². The minimum Gasteiger partial charge on any atom is -0.309 e. The number of nitrogens with one attached hydrogen (secondary N) is 2. The molecule has 4 N–H and O–H groups in total. The molecule has 0 bridgehead atoms. The highest BCUT2D eigenvalue weighted by Crippen LogP contribution is 2.32. The van der Waals surface area contributed by atoms with Gasteiger partial charge in [-0.1, -0.05) is 19.9 Å². The average molecular weight is 478 g/mol. The number of rotatable bonds is 7. The van der Waals surface area contributed by atoms with E-state index >= 15 is 0 Å². The first-order valence-electron chi connectivity index (χ1n) is 12.8. The SMILES string of the molecule is CCC(C)C1=NC(C2C=CC(F)=C(C)C2)=C[C@H](NCC(C)N2CCCNC(N)SCCC2)C1. The fraction of sp³-hybridized carbons (Fsp3) is 0.731. The summed E-state index contributed by atoms with van der Waals surface area (Å²) >= 11 is 1.81. The smallest absolute Gasteiger partial charge is 0.121 e. The van der Waals surface area contributed by atoms with E-state index in [0.717, 1.165) is 68.9 Å². The summed E-state index contributed by atoms with van der Waals surface area (Å²) < 4.78 is 13.9. The van der Waals surface area contributed by atoms with Crippen LogP contribution < -0.4 is 16.4 Å². The molecule has 5 atom stereocenters. The summed E-state index contributed by atoms with van der Waals surface area (Å²) in [4.78, 5) is 7.68. The lowest BCUT2D eigenvalue weighted by Crippen LogP contribution is -2.46. The molecular weight excluding hydrogens is 433 g/mol. The predicted octanol–water partition coefficient (Wildman–Crippen LogP) is 4.59. The van der Waals surface area contributed by atoms with Gasteiger partial charge in [-0.05, 0) is 88.6 Å². The quantitative estimate of drug-likeness (QED) is 0.501. The standard InChI is InChI=1S/C26H44FN5S/c1-5-18(2)24-15-22(16-25(31-24)21-8-9-23(27)19(3)14-21)30-17-20(4)32-11-6-10-29-26(28)33-13-7-12-32/h8-9,16,18,20-22,26,29-30H,5-7,10-15,17,28H2,1-4H3/t18?,20?,21?,22-,26?/m1/s1. The van der Waals surface area contributed by atoms with Crippen molar-refractivity contribution in [2.45, 2.75) is 77.4 Å². The summed E-state index contributed by atoms with van der Waals surface area (Å²) in [5.41, 5.74) is 9.33. The molecule has 1 saturated heterocycles. The van der Waals surface area contributed by atoms with Crippen molar-refractivity contribution in [3.8, 4) is 0 Å². The number of thioether (sulfide) groups is 1. The second kappa shape index (κ2) is 13.2. The van der Waals surface area contributed by atoms with E-state index in [4.69, 9.17) is 10.7 Å². The maximum Gasteiger partial charge on any atom is 0.121 e. The van der Waals surface area contributed by atoms with Crippen LogP contribution in [-0.2, 0) is 0 Å². The van der Waals surface area contributed by atoms with E-state index in [9.17, 15) is 4.39 Å². The molecule has 2 aliphatic heterocycles. The van der Waals surface area contributed by atoms with Gasteiger partial charge in [-0.25, -0.2) is 4.39 Å². The number of hydrogen-bond donors (Lipinski definition) is 3. The molecule has 0 saturated carbocycles. The molecule has 33 heavy (non-hydrogen) atoms. The second-order valence-electron chi connectivity index (χ2n) is 9.86. The van der Waals surface area contributed by atoms with Crippen LogP contribution in [0.1, 0.15) is 59.8 Å². The number of allylic oxidation sites excluding steroid dienone is 4. The highest BCUT2D eigenvalue weighted by molar-refractivity contribution is 7.99. The second-order valence-corrected chi connectivity index (χ2v) is 11.1. The topological polar surface area (TPSA) is 65.7 Å². The molecule has 2 heterocycles. The highest BCUT2D eigenvalue weighted by atomic mass is 32.2. The normalized spacial score (nSPS) is 29.9. The Labute approximate surface area is 204 Å². The van der Waals surface area contributed by atoms with Crippen LogP contribution in [-0.4, -0.2) is 60.1 Å². The minimum absolute atomic E-state index is 0.0686. The minimum atomic E-state index is -0.0902. The van der Waals surface area contributed by atoms with Gasteiger partial charge in [0.25, 0.3) is 0 Å². The molecule has 0 aromatic rings. The van der Waals surface area contributed by atoms with Gasteiger partial charge < -0.3 is 11.1 Å². The number of hydrogen-bond acceptors (Lipinski definition) is 6. The number of aliphatic imine (C=N–C) groups is 1. The van der Waals surface area contributed by atoms with Crippen LogP contribution in [0.15, 0.2) is 40.3 Å². The maximum atomic E-state index is 13.9. The van der Waals surface area contributed by atoms with Crippen molar-refractivity contribution >= 4 is 17.5 Å². The van der Waals surface area contributed by atoms with E-state index in [1.807, 2.05) is 24.8 Å². The first-order valence-corrected chi connectivity index (χ1v) is 13.8. The largest absolute Gasteiger partial charge is 0.309 e. The van der Waals surface area contributed by atoms with Gasteiger partial charge in [0.15, 0.2) is 0 Å². The Bertz CT molecular complexity index is 750. The lowest BCUT2D eigenvalue weighted by molar-refractivity contribution is 0.199. The molecule has 4 unspecified atom stereocenters.